The molecular weight excluding hydrogens is 538 g/mol. The van der Waals surface area contributed by atoms with Crippen molar-refractivity contribution in [3.8, 4) is 0 Å². The molecule has 2 aliphatic rings. The number of carbonyl (C=O) groups excluding carboxylic acids is 1. The zero-order valence-corrected chi connectivity index (χ0v) is 23.6. The smallest absolute Gasteiger partial charge is 0.262 e. The maximum atomic E-state index is 15.3. The Kier molecular flexibility index (Phi) is 6.77. The van der Waals surface area contributed by atoms with E-state index in [9.17, 15) is 0 Å². The van der Waals surface area contributed by atoms with Crippen LogP contribution in [0, 0.1) is 5.41 Å². The highest BCUT2D eigenvalue weighted by atomic mass is 35.5. The van der Waals surface area contributed by atoms with Crippen molar-refractivity contribution in [3.05, 3.63) is 173 Å². The Labute approximate surface area is 250 Å². The van der Waals surface area contributed by atoms with Gasteiger partial charge in [0.25, 0.3) is 5.91 Å². The van der Waals surface area contributed by atoms with E-state index in [-0.39, 0.29) is 11.8 Å². The molecule has 5 aromatic rings. The number of para-hydroxylation sites is 1. The summed E-state index contributed by atoms with van der Waals surface area (Å²) in [6.45, 7) is 0. The summed E-state index contributed by atoms with van der Waals surface area (Å²) in [5.74, 6) is -0.356. The maximum absolute atomic E-state index is 15.3. The molecule has 2 aliphatic heterocycles. The highest BCUT2D eigenvalue weighted by Gasteiger charge is 2.63. The SMILES string of the molecule is O=C1N(c2ccccc2)N=C(c2ccccc2)[C@@]12[C@@H](c1ccccc1)N=C(c1ccccc1)C[C@H]2c1ccc(Cl)cc1. The quantitative estimate of drug-likeness (QED) is 0.211. The van der Waals surface area contributed by atoms with Crippen LogP contribution in [0.5, 0.6) is 0 Å². The van der Waals surface area contributed by atoms with Crippen molar-refractivity contribution in [1.29, 1.82) is 0 Å². The van der Waals surface area contributed by atoms with Crippen LogP contribution in [0.15, 0.2) is 156 Å². The summed E-state index contributed by atoms with van der Waals surface area (Å²) < 4.78 is 0. The number of rotatable bonds is 5. The van der Waals surface area contributed by atoms with Gasteiger partial charge in [0.05, 0.1) is 17.4 Å². The minimum atomic E-state index is -1.12. The van der Waals surface area contributed by atoms with E-state index in [1.807, 2.05) is 121 Å². The Bertz CT molecular complexity index is 1770. The average Bonchev–Trinajstić information content (AvgIpc) is 3.36. The summed E-state index contributed by atoms with van der Waals surface area (Å²) in [5, 5.41) is 7.40. The topological polar surface area (TPSA) is 45.0 Å². The van der Waals surface area contributed by atoms with Gasteiger partial charge >= 0.3 is 0 Å². The Morgan fingerprint density at radius 1 is 0.643 bits per heavy atom. The van der Waals surface area contributed by atoms with Crippen LogP contribution < -0.4 is 5.01 Å². The van der Waals surface area contributed by atoms with Gasteiger partial charge in [0.15, 0.2) is 0 Å². The third kappa shape index (κ3) is 4.36. The number of aliphatic imine (C=N–C) groups is 1. The first kappa shape index (κ1) is 26.1. The lowest BCUT2D eigenvalue weighted by atomic mass is 9.58. The summed E-state index contributed by atoms with van der Waals surface area (Å²) in [5.41, 5.74) is 5.25. The van der Waals surface area contributed by atoms with Crippen molar-refractivity contribution in [2.45, 2.75) is 18.4 Å². The van der Waals surface area contributed by atoms with Crippen molar-refractivity contribution >= 4 is 34.6 Å². The highest BCUT2D eigenvalue weighted by molar-refractivity contribution is 6.30. The molecule has 0 saturated carbocycles. The van der Waals surface area contributed by atoms with Gasteiger partial charge in [0.1, 0.15) is 5.41 Å². The number of hydrogen-bond donors (Lipinski definition) is 0. The van der Waals surface area contributed by atoms with Gasteiger partial charge in [-0.25, -0.2) is 0 Å². The minimum absolute atomic E-state index is 0.0859. The number of benzene rings is 5. The molecule has 42 heavy (non-hydrogen) atoms. The van der Waals surface area contributed by atoms with Gasteiger partial charge in [-0.05, 0) is 52.9 Å². The fourth-order valence-corrected chi connectivity index (χ4v) is 6.55. The van der Waals surface area contributed by atoms with E-state index in [1.165, 1.54) is 0 Å². The average molecular weight is 566 g/mol. The van der Waals surface area contributed by atoms with Crippen molar-refractivity contribution < 1.29 is 4.79 Å². The van der Waals surface area contributed by atoms with Crippen LogP contribution in [0.25, 0.3) is 0 Å². The molecule has 4 nitrogen and oxygen atoms in total. The molecule has 2 heterocycles. The number of hydrogen-bond acceptors (Lipinski definition) is 3. The predicted molar refractivity (Wildman–Crippen MR) is 170 cm³/mol. The van der Waals surface area contributed by atoms with Gasteiger partial charge in [-0.1, -0.05) is 133 Å². The summed E-state index contributed by atoms with van der Waals surface area (Å²) in [6, 6.07) is 47.6. The fourth-order valence-electron chi connectivity index (χ4n) is 6.43. The Morgan fingerprint density at radius 2 is 1.19 bits per heavy atom. The zero-order chi connectivity index (χ0) is 28.5. The van der Waals surface area contributed by atoms with E-state index in [0.717, 1.165) is 39.4 Å². The third-order valence-corrected chi connectivity index (χ3v) is 8.60. The van der Waals surface area contributed by atoms with Crippen LogP contribution in [-0.4, -0.2) is 17.3 Å². The van der Waals surface area contributed by atoms with Gasteiger partial charge < -0.3 is 0 Å². The molecule has 1 spiro atoms. The van der Waals surface area contributed by atoms with E-state index in [0.29, 0.717) is 11.4 Å². The van der Waals surface area contributed by atoms with E-state index in [1.54, 1.807) is 5.01 Å². The lowest BCUT2D eigenvalue weighted by Crippen LogP contribution is -2.51. The molecule has 204 valence electrons. The first-order valence-electron chi connectivity index (χ1n) is 14.1. The molecule has 0 saturated heterocycles. The normalized spacial score (nSPS) is 21.7. The van der Waals surface area contributed by atoms with Crippen molar-refractivity contribution in [2.75, 3.05) is 5.01 Å². The first-order valence-corrected chi connectivity index (χ1v) is 14.5. The zero-order valence-electron chi connectivity index (χ0n) is 22.8. The largest absolute Gasteiger partial charge is 0.279 e. The minimum Gasteiger partial charge on any atom is -0.279 e. The molecule has 0 aromatic heterocycles. The fraction of sp³-hybridized carbons (Fsp3) is 0.108. The van der Waals surface area contributed by atoms with Crippen molar-refractivity contribution in [2.24, 2.45) is 15.5 Å². The Balaban J connectivity index is 1.55. The van der Waals surface area contributed by atoms with Crippen LogP contribution in [0.1, 0.15) is 40.6 Å². The maximum Gasteiger partial charge on any atom is 0.262 e. The van der Waals surface area contributed by atoms with Gasteiger partial charge in [0.2, 0.25) is 0 Å². The van der Waals surface area contributed by atoms with Crippen LogP contribution in [-0.2, 0) is 4.79 Å². The summed E-state index contributed by atoms with van der Waals surface area (Å²) in [4.78, 5) is 20.7. The monoisotopic (exact) mass is 565 g/mol. The molecule has 5 heteroatoms. The predicted octanol–water partition coefficient (Wildman–Crippen LogP) is 8.50. The number of carbonyl (C=O) groups is 1. The first-order chi connectivity index (χ1) is 20.7. The Hall–Kier alpha value is -4.80. The molecule has 0 bridgehead atoms. The van der Waals surface area contributed by atoms with E-state index in [4.69, 9.17) is 21.7 Å². The van der Waals surface area contributed by atoms with Gasteiger partial charge in [-0.2, -0.15) is 10.1 Å². The van der Waals surface area contributed by atoms with Crippen molar-refractivity contribution in [1.82, 2.24) is 0 Å². The molecule has 0 radical (unpaired) electrons. The molecule has 0 fully saturated rings. The van der Waals surface area contributed by atoms with Gasteiger partial charge in [-0.3, -0.25) is 9.79 Å². The molecule has 3 atom stereocenters. The van der Waals surface area contributed by atoms with E-state index >= 15 is 4.79 Å². The number of anilines is 1. The molecule has 5 aromatic carbocycles. The van der Waals surface area contributed by atoms with Gasteiger partial charge in [-0.15, -0.1) is 0 Å². The molecule has 1 amide bonds. The second-order valence-corrected chi connectivity index (χ2v) is 11.1. The lowest BCUT2D eigenvalue weighted by Gasteiger charge is -2.45. The number of halogens is 1. The van der Waals surface area contributed by atoms with Crippen molar-refractivity contribution in [3.63, 3.8) is 0 Å². The molecule has 0 N–H and O–H groups in total. The van der Waals surface area contributed by atoms with Crippen LogP contribution in [0.2, 0.25) is 5.02 Å². The number of hydrazone groups is 1. The van der Waals surface area contributed by atoms with E-state index < -0.39 is 11.5 Å². The van der Waals surface area contributed by atoms with Gasteiger partial charge in [0, 0.05) is 16.7 Å². The third-order valence-electron chi connectivity index (χ3n) is 8.34. The lowest BCUT2D eigenvalue weighted by molar-refractivity contribution is -0.126. The standard InChI is InChI=1S/C37H28ClN3O/c38-30-23-21-26(22-24-30)32-25-33(27-13-5-1-6-14-27)39-34(28-15-7-2-8-16-28)37(32)35(29-17-9-3-10-18-29)40-41(36(37)42)31-19-11-4-12-20-31/h1-24,32,34H,25H2/t32-,34+,37+/m0/s1. The van der Waals surface area contributed by atoms with Crippen LogP contribution >= 0.6 is 11.6 Å². The second kappa shape index (κ2) is 10.9. The molecule has 7 rings (SSSR count). The summed E-state index contributed by atoms with van der Waals surface area (Å²) in [7, 11) is 0. The molecular formula is C37H28ClN3O. The number of amides is 1. The second-order valence-electron chi connectivity index (χ2n) is 10.7. The number of nitrogens with zero attached hydrogens (tertiary/aromatic N) is 3. The highest BCUT2D eigenvalue weighted by Crippen LogP contribution is 2.58. The van der Waals surface area contributed by atoms with E-state index in [2.05, 4.69) is 24.3 Å². The Morgan fingerprint density at radius 3 is 1.81 bits per heavy atom. The molecule has 0 aliphatic carbocycles. The molecule has 0 unspecified atom stereocenters. The van der Waals surface area contributed by atoms with Crippen LogP contribution in [0.3, 0.4) is 0 Å². The van der Waals surface area contributed by atoms with Crippen LogP contribution in [0.4, 0.5) is 5.69 Å². The summed E-state index contributed by atoms with van der Waals surface area (Å²) in [6.07, 6.45) is 0.565. The summed E-state index contributed by atoms with van der Waals surface area (Å²) >= 11 is 6.38.